The van der Waals surface area contributed by atoms with Gasteiger partial charge in [-0.05, 0) is 0 Å². The summed E-state index contributed by atoms with van der Waals surface area (Å²) in [5.74, 6) is 0.403. The first-order valence-corrected chi connectivity index (χ1v) is 6.67. The molecule has 0 atom stereocenters. The van der Waals surface area contributed by atoms with E-state index in [-0.39, 0.29) is 10.8 Å². The van der Waals surface area contributed by atoms with Crippen molar-refractivity contribution >= 4 is 20.7 Å². The van der Waals surface area contributed by atoms with Crippen molar-refractivity contribution in [3.8, 4) is 5.75 Å². The first-order chi connectivity index (χ1) is 7.57. The van der Waals surface area contributed by atoms with Crippen molar-refractivity contribution in [2.24, 2.45) is 0 Å². The summed E-state index contributed by atoms with van der Waals surface area (Å²) in [5.41, 5.74) is 3.21. The summed E-state index contributed by atoms with van der Waals surface area (Å²) >= 11 is 2.57. The van der Waals surface area contributed by atoms with Crippen LogP contribution in [0, 0.1) is 0 Å². The van der Waals surface area contributed by atoms with Gasteiger partial charge < -0.3 is 0 Å². The Morgan fingerprint density at radius 2 is 1.53 bits per heavy atom. The van der Waals surface area contributed by atoms with E-state index < -0.39 is 0 Å². The number of aromatic hydroxyl groups is 1. The van der Waals surface area contributed by atoms with E-state index in [9.17, 15) is 5.11 Å². The molecular formula is C15H22AlO. The number of rotatable bonds is 1. The maximum absolute atomic E-state index is 10.3. The van der Waals surface area contributed by atoms with Crippen molar-refractivity contribution in [3.05, 3.63) is 28.8 Å². The summed E-state index contributed by atoms with van der Waals surface area (Å²) in [5, 5.41) is 10.3. The van der Waals surface area contributed by atoms with Crippen LogP contribution in [0.2, 0.25) is 0 Å². The van der Waals surface area contributed by atoms with E-state index in [1.807, 2.05) is 4.88 Å². The zero-order valence-electron chi connectivity index (χ0n) is 11.8. The SMILES string of the molecule is CC(C)(C)c1cc([CH]=[Al])c(O)c(C(C)(C)C)c1. The molecule has 1 rings (SSSR count). The van der Waals surface area contributed by atoms with Crippen LogP contribution in [0.15, 0.2) is 12.1 Å². The number of benzene rings is 1. The van der Waals surface area contributed by atoms with Gasteiger partial charge in [-0.3, -0.25) is 0 Å². The molecule has 0 aliphatic rings. The molecule has 91 valence electrons. The first kappa shape index (κ1) is 14.5. The molecule has 0 aliphatic heterocycles. The predicted molar refractivity (Wildman–Crippen MR) is 76.4 cm³/mol. The molecule has 1 nitrogen and oxygen atoms in total. The number of hydrogen-bond donors (Lipinski definition) is 1. The summed E-state index contributed by atoms with van der Waals surface area (Å²) < 4.78 is 0. The van der Waals surface area contributed by atoms with Crippen LogP contribution in [0.4, 0.5) is 0 Å². The molecule has 17 heavy (non-hydrogen) atoms. The van der Waals surface area contributed by atoms with Gasteiger partial charge in [0.15, 0.2) is 0 Å². The molecule has 0 spiro atoms. The monoisotopic (exact) mass is 245 g/mol. The molecule has 2 heteroatoms. The third kappa shape index (κ3) is 3.21. The summed E-state index contributed by atoms with van der Waals surface area (Å²) in [4.78, 5) is 1.89. The van der Waals surface area contributed by atoms with Gasteiger partial charge in [0.2, 0.25) is 0 Å². The summed E-state index contributed by atoms with van der Waals surface area (Å²) in [7, 11) is 0. The van der Waals surface area contributed by atoms with E-state index in [1.54, 1.807) is 0 Å². The zero-order chi connectivity index (χ0) is 13.4. The second kappa shape index (κ2) is 4.60. The van der Waals surface area contributed by atoms with E-state index in [2.05, 4.69) is 69.5 Å². The molecule has 0 fully saturated rings. The van der Waals surface area contributed by atoms with Crippen LogP contribution in [0.25, 0.3) is 0 Å². The van der Waals surface area contributed by atoms with E-state index in [1.165, 1.54) is 5.56 Å². The van der Waals surface area contributed by atoms with Gasteiger partial charge in [-0.1, -0.05) is 0 Å². The molecule has 1 aromatic rings. The van der Waals surface area contributed by atoms with Crippen molar-refractivity contribution < 1.29 is 5.11 Å². The second-order valence-corrected chi connectivity index (χ2v) is 6.96. The average molecular weight is 245 g/mol. The Balaban J connectivity index is 3.56. The topological polar surface area (TPSA) is 20.2 Å². The number of hydrogen-bond acceptors (Lipinski definition) is 1. The minimum atomic E-state index is -0.0478. The van der Waals surface area contributed by atoms with E-state index in [4.69, 9.17) is 0 Å². The Morgan fingerprint density at radius 1 is 1.00 bits per heavy atom. The quantitative estimate of drug-likeness (QED) is 0.753. The summed E-state index contributed by atoms with van der Waals surface area (Å²) in [6, 6.07) is 4.20. The fourth-order valence-corrected chi connectivity index (χ4v) is 2.04. The summed E-state index contributed by atoms with van der Waals surface area (Å²) in [6.07, 6.45) is 0. The molecular weight excluding hydrogens is 223 g/mol. The van der Waals surface area contributed by atoms with Crippen LogP contribution in [0.1, 0.15) is 58.2 Å². The third-order valence-electron chi connectivity index (χ3n) is 2.99. The first-order valence-electron chi connectivity index (χ1n) is 6.00. The molecule has 1 aromatic carbocycles. The fourth-order valence-electron chi connectivity index (χ4n) is 1.79. The standard InChI is InChI=1S/C15H22O.Al/c1-10-8-11(14(2,3)4)9-12(13(10)16)15(5,6)7;/h1,8-9,16H,2-7H3;. The van der Waals surface area contributed by atoms with Crippen LogP contribution in [0.5, 0.6) is 5.75 Å². The molecule has 0 saturated carbocycles. The van der Waals surface area contributed by atoms with Crippen LogP contribution in [0.3, 0.4) is 0 Å². The van der Waals surface area contributed by atoms with E-state index in [0.717, 1.165) is 11.1 Å². The van der Waals surface area contributed by atoms with Crippen LogP contribution >= 0.6 is 0 Å². The van der Waals surface area contributed by atoms with Gasteiger partial charge in [0, 0.05) is 0 Å². The van der Waals surface area contributed by atoms with Crippen molar-refractivity contribution in [1.29, 1.82) is 0 Å². The third-order valence-corrected chi connectivity index (χ3v) is 3.35. The second-order valence-electron chi connectivity index (χ2n) is 6.63. The molecule has 0 unspecified atom stereocenters. The van der Waals surface area contributed by atoms with Crippen molar-refractivity contribution in [1.82, 2.24) is 0 Å². The normalized spacial score (nSPS) is 12.5. The van der Waals surface area contributed by atoms with Gasteiger partial charge in [-0.25, -0.2) is 0 Å². The van der Waals surface area contributed by atoms with Crippen molar-refractivity contribution in [2.45, 2.75) is 52.4 Å². The Kier molecular flexibility index (Phi) is 3.91. The van der Waals surface area contributed by atoms with E-state index >= 15 is 0 Å². The Bertz CT molecular complexity index is 433. The number of phenols is 1. The average Bonchev–Trinajstić information content (AvgIpc) is 2.14. The van der Waals surface area contributed by atoms with Gasteiger partial charge in [0.05, 0.1) is 0 Å². The molecule has 0 bridgehead atoms. The van der Waals surface area contributed by atoms with E-state index in [0.29, 0.717) is 5.75 Å². The minimum absolute atomic E-state index is 0.0478. The van der Waals surface area contributed by atoms with Gasteiger partial charge >= 0.3 is 113 Å². The van der Waals surface area contributed by atoms with Crippen LogP contribution in [-0.4, -0.2) is 25.8 Å². The molecule has 0 aromatic heterocycles. The van der Waals surface area contributed by atoms with Gasteiger partial charge in [0.25, 0.3) is 0 Å². The van der Waals surface area contributed by atoms with Crippen molar-refractivity contribution in [2.75, 3.05) is 0 Å². The Labute approximate surface area is 113 Å². The maximum atomic E-state index is 10.3. The predicted octanol–water partition coefficient (Wildman–Crippen LogP) is 3.31. The Hall–Kier alpha value is -0.578. The van der Waals surface area contributed by atoms with Gasteiger partial charge in [0.1, 0.15) is 0 Å². The number of phenolic OH excluding ortho intramolecular Hbond substituents is 1. The van der Waals surface area contributed by atoms with Gasteiger partial charge in [-0.15, -0.1) is 0 Å². The molecule has 0 aliphatic carbocycles. The molecule has 0 saturated heterocycles. The Morgan fingerprint density at radius 3 is 1.88 bits per heavy atom. The zero-order valence-corrected chi connectivity index (χ0v) is 12.9. The molecule has 0 heterocycles. The van der Waals surface area contributed by atoms with Crippen molar-refractivity contribution in [3.63, 3.8) is 0 Å². The molecule has 0 amide bonds. The fraction of sp³-hybridized carbons (Fsp3) is 0.533. The molecule has 1 N–H and O–H groups in total. The van der Waals surface area contributed by atoms with Gasteiger partial charge in [-0.2, -0.15) is 0 Å². The van der Waals surface area contributed by atoms with Crippen LogP contribution in [-0.2, 0) is 10.8 Å². The molecule has 1 radical (unpaired) electrons. The summed E-state index contributed by atoms with van der Waals surface area (Å²) in [6.45, 7) is 13.0. The van der Waals surface area contributed by atoms with Crippen LogP contribution < -0.4 is 0 Å².